The molecule has 0 amide bonds. The summed E-state index contributed by atoms with van der Waals surface area (Å²) in [5.41, 5.74) is 2.61. The molecule has 0 unspecified atom stereocenters. The lowest BCUT2D eigenvalue weighted by Crippen LogP contribution is -2.41. The lowest BCUT2D eigenvalue weighted by Gasteiger charge is -2.32. The summed E-state index contributed by atoms with van der Waals surface area (Å²) in [6.45, 7) is 8.31. The Morgan fingerprint density at radius 1 is 1.00 bits per heavy atom. The van der Waals surface area contributed by atoms with E-state index in [9.17, 15) is 0 Å². The van der Waals surface area contributed by atoms with Crippen LogP contribution < -0.4 is 5.46 Å². The summed E-state index contributed by atoms with van der Waals surface area (Å²) in [5, 5.41) is 4.35. The molecule has 1 aliphatic carbocycles. The van der Waals surface area contributed by atoms with Crippen LogP contribution in [0, 0.1) is 5.92 Å². The molecule has 1 saturated carbocycles. The maximum atomic E-state index is 6.14. The third-order valence-corrected chi connectivity index (χ3v) is 5.91. The van der Waals surface area contributed by atoms with Crippen molar-refractivity contribution in [3.63, 3.8) is 0 Å². The van der Waals surface area contributed by atoms with Crippen LogP contribution in [0.1, 0.15) is 65.4 Å². The first kappa shape index (κ1) is 18.5. The second-order valence-corrected chi connectivity index (χ2v) is 8.20. The Morgan fingerprint density at radius 3 is 2.08 bits per heavy atom. The smallest absolute Gasteiger partial charge is 0.399 e. The SMILES string of the molecule is CON=C(c1ccc(B2OC(C)(C)C(C)(C)O2)cc1)C1CCCCC1. The molecule has 1 heterocycles. The highest BCUT2D eigenvalue weighted by molar-refractivity contribution is 6.62. The lowest BCUT2D eigenvalue weighted by atomic mass is 9.77. The predicted octanol–water partition coefficient (Wildman–Crippen LogP) is 3.92. The summed E-state index contributed by atoms with van der Waals surface area (Å²) in [4.78, 5) is 5.13. The number of benzene rings is 1. The van der Waals surface area contributed by atoms with E-state index >= 15 is 0 Å². The van der Waals surface area contributed by atoms with Crippen LogP contribution in [-0.4, -0.2) is 31.1 Å². The molecule has 0 N–H and O–H groups in total. The first-order valence-electron chi connectivity index (χ1n) is 9.41. The summed E-state index contributed by atoms with van der Waals surface area (Å²) >= 11 is 0. The highest BCUT2D eigenvalue weighted by Crippen LogP contribution is 2.36. The van der Waals surface area contributed by atoms with Gasteiger partial charge in [-0.2, -0.15) is 0 Å². The fraction of sp³-hybridized carbons (Fsp3) is 0.650. The highest BCUT2D eigenvalue weighted by atomic mass is 16.7. The van der Waals surface area contributed by atoms with Gasteiger partial charge in [-0.05, 0) is 51.6 Å². The molecule has 0 radical (unpaired) electrons. The highest BCUT2D eigenvalue weighted by Gasteiger charge is 2.51. The topological polar surface area (TPSA) is 40.0 Å². The van der Waals surface area contributed by atoms with E-state index in [4.69, 9.17) is 14.1 Å². The molecule has 25 heavy (non-hydrogen) atoms. The molecule has 4 nitrogen and oxygen atoms in total. The summed E-state index contributed by atoms with van der Waals surface area (Å²) in [6, 6.07) is 8.41. The molecule has 0 bridgehead atoms. The molecule has 0 aromatic heterocycles. The van der Waals surface area contributed by atoms with Crippen molar-refractivity contribution >= 4 is 18.3 Å². The van der Waals surface area contributed by atoms with E-state index in [-0.39, 0.29) is 18.3 Å². The number of oxime groups is 1. The zero-order chi connectivity index (χ0) is 18.1. The van der Waals surface area contributed by atoms with Crippen LogP contribution >= 0.6 is 0 Å². The Morgan fingerprint density at radius 2 is 1.56 bits per heavy atom. The first-order valence-corrected chi connectivity index (χ1v) is 9.41. The molecule has 3 rings (SSSR count). The second kappa shape index (κ2) is 7.12. The number of hydrogen-bond donors (Lipinski definition) is 0. The quantitative estimate of drug-likeness (QED) is 0.473. The Labute approximate surface area is 152 Å². The third-order valence-electron chi connectivity index (χ3n) is 5.91. The summed E-state index contributed by atoms with van der Waals surface area (Å²) in [5.74, 6) is 0.497. The van der Waals surface area contributed by atoms with Gasteiger partial charge in [-0.15, -0.1) is 0 Å². The zero-order valence-corrected chi connectivity index (χ0v) is 16.2. The van der Waals surface area contributed by atoms with E-state index < -0.39 is 0 Å². The zero-order valence-electron chi connectivity index (χ0n) is 16.2. The van der Waals surface area contributed by atoms with Crippen LogP contribution in [0.25, 0.3) is 0 Å². The number of nitrogens with zero attached hydrogens (tertiary/aromatic N) is 1. The molecule has 0 spiro atoms. The summed E-state index contributed by atoms with van der Waals surface area (Å²) in [6.07, 6.45) is 6.28. The van der Waals surface area contributed by atoms with E-state index in [0.29, 0.717) is 5.92 Å². The maximum absolute atomic E-state index is 6.14. The van der Waals surface area contributed by atoms with Crippen molar-refractivity contribution in [2.24, 2.45) is 11.1 Å². The van der Waals surface area contributed by atoms with E-state index in [2.05, 4.69) is 57.1 Å². The normalized spacial score (nSPS) is 23.7. The van der Waals surface area contributed by atoms with Crippen LogP contribution in [0.4, 0.5) is 0 Å². The van der Waals surface area contributed by atoms with Crippen LogP contribution in [0.5, 0.6) is 0 Å². The molecule has 1 aromatic carbocycles. The van der Waals surface area contributed by atoms with E-state index in [1.54, 1.807) is 7.11 Å². The van der Waals surface area contributed by atoms with Crippen molar-refractivity contribution in [2.45, 2.75) is 71.0 Å². The van der Waals surface area contributed by atoms with Crippen molar-refractivity contribution in [1.29, 1.82) is 0 Å². The standard InChI is InChI=1S/C20H30BNO3/c1-19(2)20(3,4)25-21(24-19)17-13-11-16(12-14-17)18(22-23-5)15-9-7-6-8-10-15/h11-15H,6-10H2,1-5H3. The van der Waals surface area contributed by atoms with Crippen LogP contribution in [0.15, 0.2) is 29.4 Å². The van der Waals surface area contributed by atoms with Crippen molar-refractivity contribution < 1.29 is 14.1 Å². The molecule has 5 heteroatoms. The molecule has 2 fully saturated rings. The van der Waals surface area contributed by atoms with Crippen molar-refractivity contribution in [2.75, 3.05) is 7.11 Å². The van der Waals surface area contributed by atoms with E-state index in [1.165, 1.54) is 32.1 Å². The molecule has 1 aromatic rings. The van der Waals surface area contributed by atoms with Gasteiger partial charge in [-0.1, -0.05) is 48.7 Å². The number of hydrogen-bond acceptors (Lipinski definition) is 4. The predicted molar refractivity (Wildman–Crippen MR) is 102 cm³/mol. The minimum Gasteiger partial charge on any atom is -0.399 e. The van der Waals surface area contributed by atoms with Gasteiger partial charge in [0, 0.05) is 5.92 Å². The minimum absolute atomic E-state index is 0.318. The van der Waals surface area contributed by atoms with Gasteiger partial charge in [0.25, 0.3) is 0 Å². The van der Waals surface area contributed by atoms with E-state index in [1.807, 2.05) is 0 Å². The molecular weight excluding hydrogens is 313 g/mol. The van der Waals surface area contributed by atoms with Crippen LogP contribution in [0.3, 0.4) is 0 Å². The van der Waals surface area contributed by atoms with Gasteiger partial charge < -0.3 is 14.1 Å². The second-order valence-electron chi connectivity index (χ2n) is 8.20. The van der Waals surface area contributed by atoms with Gasteiger partial charge in [-0.3, -0.25) is 0 Å². The van der Waals surface area contributed by atoms with Gasteiger partial charge in [0.1, 0.15) is 7.11 Å². The maximum Gasteiger partial charge on any atom is 0.494 e. The molecule has 1 saturated heterocycles. The monoisotopic (exact) mass is 343 g/mol. The summed E-state index contributed by atoms with van der Waals surface area (Å²) in [7, 11) is 1.30. The average Bonchev–Trinajstić information content (AvgIpc) is 2.81. The summed E-state index contributed by atoms with van der Waals surface area (Å²) < 4.78 is 12.3. The van der Waals surface area contributed by atoms with Crippen molar-refractivity contribution in [3.8, 4) is 0 Å². The first-order chi connectivity index (χ1) is 11.8. The van der Waals surface area contributed by atoms with Gasteiger partial charge in [0.2, 0.25) is 0 Å². The molecular formula is C20H30BNO3. The number of rotatable bonds is 4. The Kier molecular flexibility index (Phi) is 5.26. The molecule has 2 aliphatic rings. The molecule has 136 valence electrons. The molecule has 0 atom stereocenters. The van der Waals surface area contributed by atoms with Crippen molar-refractivity contribution in [1.82, 2.24) is 0 Å². The van der Waals surface area contributed by atoms with Gasteiger partial charge in [0.05, 0.1) is 16.9 Å². The van der Waals surface area contributed by atoms with E-state index in [0.717, 1.165) is 16.7 Å². The lowest BCUT2D eigenvalue weighted by molar-refractivity contribution is 0.00578. The van der Waals surface area contributed by atoms with Gasteiger partial charge in [0.15, 0.2) is 0 Å². The Hall–Kier alpha value is -1.33. The van der Waals surface area contributed by atoms with Crippen LogP contribution in [0.2, 0.25) is 0 Å². The third kappa shape index (κ3) is 3.77. The van der Waals surface area contributed by atoms with Gasteiger partial charge >= 0.3 is 7.12 Å². The Balaban J connectivity index is 1.78. The average molecular weight is 343 g/mol. The minimum atomic E-state index is -0.323. The van der Waals surface area contributed by atoms with Crippen LogP contribution in [-0.2, 0) is 14.1 Å². The largest absolute Gasteiger partial charge is 0.494 e. The fourth-order valence-corrected chi connectivity index (χ4v) is 3.63. The fourth-order valence-electron chi connectivity index (χ4n) is 3.63. The Bertz CT molecular complexity index is 602. The molecule has 1 aliphatic heterocycles. The van der Waals surface area contributed by atoms with Crippen molar-refractivity contribution in [3.05, 3.63) is 29.8 Å². The van der Waals surface area contributed by atoms with Gasteiger partial charge in [-0.25, -0.2) is 0 Å².